The second-order valence-electron chi connectivity index (χ2n) is 3.82. The van der Waals surface area contributed by atoms with Crippen LogP contribution >= 0.6 is 11.3 Å². The zero-order valence-corrected chi connectivity index (χ0v) is 10.8. The number of alkyl halides is 3. The van der Waals surface area contributed by atoms with Gasteiger partial charge in [0.25, 0.3) is 0 Å². The molecular formula is C11H12F3N3OS. The molecular weight excluding hydrogens is 279 g/mol. The molecule has 2 aromatic heterocycles. The molecule has 0 aromatic carbocycles. The second-order valence-corrected chi connectivity index (χ2v) is 4.88. The lowest BCUT2D eigenvalue weighted by Gasteiger charge is -2.13. The number of nitrogens with zero attached hydrogens (tertiary/aromatic N) is 1. The monoisotopic (exact) mass is 291 g/mol. The number of furan rings is 1. The van der Waals surface area contributed by atoms with E-state index < -0.39 is 17.2 Å². The standard InChI is InChI=1S/C11H12F3N3OS/c1-2-7-6(3-4-18-7)9(17-15)8-5-16-10(19-8)11(12,13)14/h3-5,9,17H,2,15H2,1H3. The van der Waals surface area contributed by atoms with Gasteiger partial charge in [0.15, 0.2) is 5.01 Å². The topological polar surface area (TPSA) is 64.1 Å². The van der Waals surface area contributed by atoms with Gasteiger partial charge in [0.05, 0.1) is 12.3 Å². The summed E-state index contributed by atoms with van der Waals surface area (Å²) in [7, 11) is 0. The fourth-order valence-corrected chi connectivity index (χ4v) is 2.63. The molecule has 1 unspecified atom stereocenters. The van der Waals surface area contributed by atoms with Crippen molar-refractivity contribution in [2.45, 2.75) is 25.6 Å². The van der Waals surface area contributed by atoms with E-state index in [9.17, 15) is 13.2 Å². The second kappa shape index (κ2) is 5.32. The van der Waals surface area contributed by atoms with E-state index in [1.807, 2.05) is 6.92 Å². The number of hydrazine groups is 1. The van der Waals surface area contributed by atoms with Crippen molar-refractivity contribution in [2.24, 2.45) is 5.84 Å². The number of aromatic nitrogens is 1. The normalized spacial score (nSPS) is 13.7. The van der Waals surface area contributed by atoms with Crippen LogP contribution in [0.25, 0.3) is 0 Å². The fraction of sp³-hybridized carbons (Fsp3) is 0.364. The van der Waals surface area contributed by atoms with E-state index in [0.717, 1.165) is 5.56 Å². The number of rotatable bonds is 4. The molecule has 2 rings (SSSR count). The maximum atomic E-state index is 12.5. The summed E-state index contributed by atoms with van der Waals surface area (Å²) in [6.45, 7) is 1.89. The van der Waals surface area contributed by atoms with Crippen LogP contribution in [0.5, 0.6) is 0 Å². The summed E-state index contributed by atoms with van der Waals surface area (Å²) in [5.74, 6) is 6.13. The van der Waals surface area contributed by atoms with Crippen molar-refractivity contribution < 1.29 is 17.6 Å². The molecule has 2 aromatic rings. The van der Waals surface area contributed by atoms with Crippen LogP contribution in [0.2, 0.25) is 0 Å². The van der Waals surface area contributed by atoms with E-state index in [0.29, 0.717) is 28.4 Å². The first-order valence-electron chi connectivity index (χ1n) is 5.52. The van der Waals surface area contributed by atoms with Crippen LogP contribution in [-0.2, 0) is 12.6 Å². The summed E-state index contributed by atoms with van der Waals surface area (Å²) in [5, 5.41) is -0.885. The Morgan fingerprint density at radius 3 is 2.79 bits per heavy atom. The number of aryl methyl sites for hydroxylation is 1. The lowest BCUT2D eigenvalue weighted by molar-refractivity contribution is -0.137. The molecule has 0 radical (unpaired) electrons. The van der Waals surface area contributed by atoms with Gasteiger partial charge in [-0.25, -0.2) is 10.4 Å². The molecule has 0 aliphatic rings. The average Bonchev–Trinajstić information content (AvgIpc) is 2.97. The molecule has 4 nitrogen and oxygen atoms in total. The SMILES string of the molecule is CCc1occc1C(NN)c1cnc(C(F)(F)F)s1. The first-order valence-corrected chi connectivity index (χ1v) is 6.34. The third-order valence-corrected chi connectivity index (χ3v) is 3.74. The van der Waals surface area contributed by atoms with E-state index in [2.05, 4.69) is 10.4 Å². The number of thiazole rings is 1. The average molecular weight is 291 g/mol. The molecule has 0 aliphatic heterocycles. The third kappa shape index (κ3) is 2.80. The zero-order valence-electron chi connectivity index (χ0n) is 9.99. The Morgan fingerprint density at radius 2 is 2.26 bits per heavy atom. The van der Waals surface area contributed by atoms with Crippen LogP contribution in [0, 0.1) is 0 Å². The Labute approximate surface area is 111 Å². The zero-order chi connectivity index (χ0) is 14.0. The fourth-order valence-electron chi connectivity index (χ4n) is 1.77. The van der Waals surface area contributed by atoms with E-state index in [-0.39, 0.29) is 0 Å². The van der Waals surface area contributed by atoms with Crippen LogP contribution in [0.1, 0.15) is 34.2 Å². The summed E-state index contributed by atoms with van der Waals surface area (Å²) in [6.07, 6.45) is -1.13. The molecule has 1 atom stereocenters. The summed E-state index contributed by atoms with van der Waals surface area (Å²) in [5.41, 5.74) is 3.23. The van der Waals surface area contributed by atoms with Gasteiger partial charge in [-0.3, -0.25) is 5.84 Å². The highest BCUT2D eigenvalue weighted by Gasteiger charge is 2.35. The molecule has 8 heteroatoms. The summed E-state index contributed by atoms with van der Waals surface area (Å²) in [4.78, 5) is 3.78. The first-order chi connectivity index (χ1) is 8.97. The lowest BCUT2D eigenvalue weighted by Crippen LogP contribution is -2.28. The van der Waals surface area contributed by atoms with Gasteiger partial charge in [-0.2, -0.15) is 13.2 Å². The maximum Gasteiger partial charge on any atom is 0.443 e. The van der Waals surface area contributed by atoms with Gasteiger partial charge < -0.3 is 4.42 Å². The Hall–Kier alpha value is -1.38. The summed E-state index contributed by atoms with van der Waals surface area (Å²) >= 11 is 0.570. The van der Waals surface area contributed by atoms with Gasteiger partial charge >= 0.3 is 6.18 Å². The summed E-state index contributed by atoms with van der Waals surface area (Å²) < 4.78 is 42.9. The van der Waals surface area contributed by atoms with Gasteiger partial charge in [-0.15, -0.1) is 11.3 Å². The van der Waals surface area contributed by atoms with E-state index >= 15 is 0 Å². The number of nitrogens with two attached hydrogens (primary N) is 1. The minimum atomic E-state index is -4.44. The van der Waals surface area contributed by atoms with Crippen molar-refractivity contribution in [2.75, 3.05) is 0 Å². The molecule has 19 heavy (non-hydrogen) atoms. The van der Waals surface area contributed by atoms with Crippen LogP contribution in [0.15, 0.2) is 22.9 Å². The molecule has 104 valence electrons. The number of nitrogens with one attached hydrogen (secondary N) is 1. The Balaban J connectivity index is 2.35. The van der Waals surface area contributed by atoms with Crippen molar-refractivity contribution >= 4 is 11.3 Å². The van der Waals surface area contributed by atoms with Gasteiger partial charge in [0.2, 0.25) is 0 Å². The molecule has 0 amide bonds. The third-order valence-electron chi connectivity index (χ3n) is 2.63. The van der Waals surface area contributed by atoms with Crippen molar-refractivity contribution in [1.82, 2.24) is 10.4 Å². The molecule has 0 bridgehead atoms. The largest absolute Gasteiger partial charge is 0.469 e. The van der Waals surface area contributed by atoms with Gasteiger partial charge in [-0.1, -0.05) is 6.92 Å². The smallest absolute Gasteiger partial charge is 0.443 e. The highest BCUT2D eigenvalue weighted by molar-refractivity contribution is 7.11. The molecule has 3 N–H and O–H groups in total. The number of hydrogen-bond donors (Lipinski definition) is 2. The van der Waals surface area contributed by atoms with Crippen LogP contribution in [0.4, 0.5) is 13.2 Å². The Bertz CT molecular complexity index is 549. The van der Waals surface area contributed by atoms with E-state index in [4.69, 9.17) is 10.3 Å². The quantitative estimate of drug-likeness (QED) is 0.671. The van der Waals surface area contributed by atoms with Crippen LogP contribution in [0.3, 0.4) is 0 Å². The molecule has 0 saturated carbocycles. The minimum Gasteiger partial charge on any atom is -0.469 e. The van der Waals surface area contributed by atoms with Crippen LogP contribution in [-0.4, -0.2) is 4.98 Å². The molecule has 0 saturated heterocycles. The summed E-state index contributed by atoms with van der Waals surface area (Å²) in [6, 6.07) is 1.14. The van der Waals surface area contributed by atoms with E-state index in [1.54, 1.807) is 6.07 Å². The highest BCUT2D eigenvalue weighted by Crippen LogP contribution is 2.36. The molecule has 0 aliphatic carbocycles. The molecule has 0 fully saturated rings. The lowest BCUT2D eigenvalue weighted by atomic mass is 10.1. The Kier molecular flexibility index (Phi) is 3.93. The predicted molar refractivity (Wildman–Crippen MR) is 64.4 cm³/mol. The Morgan fingerprint density at radius 1 is 1.53 bits per heavy atom. The van der Waals surface area contributed by atoms with Crippen molar-refractivity contribution in [1.29, 1.82) is 0 Å². The minimum absolute atomic E-state index is 0.394. The first kappa shape index (κ1) is 14.0. The van der Waals surface area contributed by atoms with Crippen molar-refractivity contribution in [3.63, 3.8) is 0 Å². The molecule has 0 spiro atoms. The number of hydrogen-bond acceptors (Lipinski definition) is 5. The van der Waals surface area contributed by atoms with E-state index in [1.165, 1.54) is 12.5 Å². The number of halogens is 3. The van der Waals surface area contributed by atoms with Gasteiger partial charge in [-0.05, 0) is 6.07 Å². The van der Waals surface area contributed by atoms with Crippen molar-refractivity contribution in [3.8, 4) is 0 Å². The highest BCUT2D eigenvalue weighted by atomic mass is 32.1. The van der Waals surface area contributed by atoms with Crippen LogP contribution < -0.4 is 11.3 Å². The van der Waals surface area contributed by atoms with Gasteiger partial charge in [0, 0.05) is 23.1 Å². The maximum absolute atomic E-state index is 12.5. The van der Waals surface area contributed by atoms with Crippen molar-refractivity contribution in [3.05, 3.63) is 39.7 Å². The molecule has 2 heterocycles. The van der Waals surface area contributed by atoms with Gasteiger partial charge in [0.1, 0.15) is 5.76 Å². The predicted octanol–water partition coefficient (Wildman–Crippen LogP) is 2.87.